The standard InChI is InChI=1S/C18H15F3N6/c1-26(2)14-7-3-12(4-8-14)16-11-27(25-22-16)15-9-5-13(6-10-15)17(23-24-17)18(19,20)21/h3-11H,1-2H3. The fraction of sp³-hybridized carbons (Fsp3) is 0.222. The predicted octanol–water partition coefficient (Wildman–Crippen LogP) is 4.18. The molecule has 0 radical (unpaired) electrons. The Hall–Kier alpha value is -3.23. The van der Waals surface area contributed by atoms with Crippen molar-refractivity contribution in [2.75, 3.05) is 19.0 Å². The third-order valence-corrected chi connectivity index (χ3v) is 4.40. The molecule has 0 bridgehead atoms. The summed E-state index contributed by atoms with van der Waals surface area (Å²) < 4.78 is 40.7. The van der Waals surface area contributed by atoms with E-state index in [0.717, 1.165) is 11.3 Å². The van der Waals surface area contributed by atoms with Crippen LogP contribution in [0.15, 0.2) is 65.0 Å². The average molecular weight is 372 g/mol. The molecule has 2 heterocycles. The summed E-state index contributed by atoms with van der Waals surface area (Å²) in [4.78, 5) is 1.99. The van der Waals surface area contributed by atoms with Crippen LogP contribution in [-0.4, -0.2) is 35.3 Å². The van der Waals surface area contributed by atoms with Crippen LogP contribution in [0.25, 0.3) is 16.9 Å². The number of alkyl halides is 3. The van der Waals surface area contributed by atoms with Gasteiger partial charge in [-0.25, -0.2) is 4.68 Å². The van der Waals surface area contributed by atoms with Crippen LogP contribution in [0.1, 0.15) is 5.56 Å². The van der Waals surface area contributed by atoms with Crippen LogP contribution in [0.2, 0.25) is 0 Å². The van der Waals surface area contributed by atoms with Gasteiger partial charge in [-0.3, -0.25) is 0 Å². The molecule has 1 aliphatic heterocycles. The summed E-state index contributed by atoms with van der Waals surface area (Å²) in [5, 5.41) is 14.6. The molecule has 27 heavy (non-hydrogen) atoms. The summed E-state index contributed by atoms with van der Waals surface area (Å²) in [5.41, 5.74) is 0.807. The highest BCUT2D eigenvalue weighted by molar-refractivity contribution is 5.62. The van der Waals surface area contributed by atoms with Gasteiger partial charge < -0.3 is 4.90 Å². The lowest BCUT2D eigenvalue weighted by molar-refractivity contribution is -0.166. The number of anilines is 1. The number of nitrogens with zero attached hydrogens (tertiary/aromatic N) is 6. The second kappa shape index (κ2) is 5.90. The van der Waals surface area contributed by atoms with Crippen molar-refractivity contribution in [3.05, 3.63) is 60.3 Å². The minimum atomic E-state index is -4.53. The fourth-order valence-electron chi connectivity index (χ4n) is 2.74. The molecule has 9 heteroatoms. The Morgan fingerprint density at radius 2 is 1.56 bits per heavy atom. The molecule has 0 unspecified atom stereocenters. The molecule has 0 saturated carbocycles. The summed E-state index contributed by atoms with van der Waals surface area (Å²) in [6.45, 7) is 0. The van der Waals surface area contributed by atoms with Crippen molar-refractivity contribution in [3.8, 4) is 16.9 Å². The minimum Gasteiger partial charge on any atom is -0.378 e. The van der Waals surface area contributed by atoms with Crippen molar-refractivity contribution in [2.24, 2.45) is 10.2 Å². The van der Waals surface area contributed by atoms with Gasteiger partial charge in [0.05, 0.1) is 11.9 Å². The van der Waals surface area contributed by atoms with E-state index in [2.05, 4.69) is 20.5 Å². The van der Waals surface area contributed by atoms with Crippen LogP contribution in [0, 0.1) is 0 Å². The molecule has 138 valence electrons. The molecular weight excluding hydrogens is 357 g/mol. The number of rotatable bonds is 4. The molecule has 0 amide bonds. The van der Waals surface area contributed by atoms with E-state index in [4.69, 9.17) is 0 Å². The first-order chi connectivity index (χ1) is 12.8. The zero-order valence-corrected chi connectivity index (χ0v) is 14.5. The molecule has 4 rings (SSSR count). The average Bonchev–Trinajstić information content (AvgIpc) is 3.33. The van der Waals surface area contributed by atoms with Crippen molar-refractivity contribution < 1.29 is 13.2 Å². The molecule has 0 N–H and O–H groups in total. The maximum atomic E-state index is 13.1. The lowest BCUT2D eigenvalue weighted by atomic mass is 10.0. The molecule has 0 spiro atoms. The highest BCUT2D eigenvalue weighted by atomic mass is 19.4. The molecule has 2 aromatic carbocycles. The van der Waals surface area contributed by atoms with E-state index in [1.54, 1.807) is 18.3 Å². The van der Waals surface area contributed by atoms with E-state index in [-0.39, 0.29) is 5.56 Å². The largest absolute Gasteiger partial charge is 0.442 e. The van der Waals surface area contributed by atoms with Gasteiger partial charge in [0.1, 0.15) is 5.69 Å². The van der Waals surface area contributed by atoms with Gasteiger partial charge >= 0.3 is 11.8 Å². The molecule has 6 nitrogen and oxygen atoms in total. The van der Waals surface area contributed by atoms with Crippen LogP contribution >= 0.6 is 0 Å². The predicted molar refractivity (Wildman–Crippen MR) is 93.7 cm³/mol. The molecule has 0 atom stereocenters. The SMILES string of the molecule is CN(C)c1ccc(-c2cn(-c3ccc(C4(C(F)(F)F)N=N4)cc3)nn2)cc1. The molecule has 1 aromatic heterocycles. The van der Waals surface area contributed by atoms with Gasteiger partial charge in [-0.05, 0) is 24.3 Å². The van der Waals surface area contributed by atoms with Gasteiger partial charge in [0.25, 0.3) is 0 Å². The van der Waals surface area contributed by atoms with Crippen LogP contribution < -0.4 is 4.90 Å². The van der Waals surface area contributed by atoms with E-state index in [9.17, 15) is 13.2 Å². The zero-order valence-electron chi connectivity index (χ0n) is 14.5. The van der Waals surface area contributed by atoms with Gasteiger partial charge in [-0.1, -0.05) is 29.5 Å². The van der Waals surface area contributed by atoms with Crippen LogP contribution in [0.3, 0.4) is 0 Å². The van der Waals surface area contributed by atoms with Gasteiger partial charge in [0.2, 0.25) is 0 Å². The molecule has 1 aliphatic rings. The zero-order chi connectivity index (χ0) is 19.2. The van der Waals surface area contributed by atoms with Crippen LogP contribution in [0.4, 0.5) is 18.9 Å². The second-order valence-electron chi connectivity index (χ2n) is 6.41. The summed E-state index contributed by atoms with van der Waals surface area (Å²) >= 11 is 0. The summed E-state index contributed by atoms with van der Waals surface area (Å²) in [7, 11) is 3.92. The van der Waals surface area contributed by atoms with E-state index >= 15 is 0 Å². The van der Waals surface area contributed by atoms with Crippen molar-refractivity contribution in [3.63, 3.8) is 0 Å². The van der Waals surface area contributed by atoms with Gasteiger partial charge in [0, 0.05) is 30.9 Å². The Kier molecular flexibility index (Phi) is 3.76. The maximum Gasteiger partial charge on any atom is 0.442 e. The van der Waals surface area contributed by atoms with E-state index < -0.39 is 11.8 Å². The highest BCUT2D eigenvalue weighted by Crippen LogP contribution is 2.52. The Bertz CT molecular complexity index is 981. The normalized spacial score (nSPS) is 15.0. The number of aromatic nitrogens is 3. The Labute approximate surface area is 152 Å². The monoisotopic (exact) mass is 372 g/mol. The quantitative estimate of drug-likeness (QED) is 0.690. The Morgan fingerprint density at radius 3 is 2.07 bits per heavy atom. The second-order valence-corrected chi connectivity index (χ2v) is 6.41. The van der Waals surface area contributed by atoms with Crippen molar-refractivity contribution in [1.29, 1.82) is 0 Å². The summed E-state index contributed by atoms with van der Waals surface area (Å²) in [5.74, 6) is 0. The van der Waals surface area contributed by atoms with Gasteiger partial charge in [-0.15, -0.1) is 15.3 Å². The molecule has 0 fully saturated rings. The Balaban J connectivity index is 1.57. The van der Waals surface area contributed by atoms with Gasteiger partial charge in [-0.2, -0.15) is 13.2 Å². The lowest BCUT2D eigenvalue weighted by Gasteiger charge is -2.14. The summed E-state index contributed by atoms with van der Waals surface area (Å²) in [6, 6.07) is 13.6. The number of halogens is 3. The van der Waals surface area contributed by atoms with Crippen LogP contribution in [-0.2, 0) is 5.66 Å². The van der Waals surface area contributed by atoms with Crippen molar-refractivity contribution >= 4 is 5.69 Å². The van der Waals surface area contributed by atoms with E-state index in [0.29, 0.717) is 11.4 Å². The van der Waals surface area contributed by atoms with Crippen molar-refractivity contribution in [2.45, 2.75) is 11.8 Å². The Morgan fingerprint density at radius 1 is 0.926 bits per heavy atom. The fourth-order valence-corrected chi connectivity index (χ4v) is 2.74. The smallest absolute Gasteiger partial charge is 0.378 e. The van der Waals surface area contributed by atoms with E-state index in [1.807, 2.05) is 43.3 Å². The number of benzene rings is 2. The lowest BCUT2D eigenvalue weighted by Crippen LogP contribution is -2.30. The number of hydrogen-bond donors (Lipinski definition) is 0. The number of hydrogen-bond acceptors (Lipinski definition) is 5. The third-order valence-electron chi connectivity index (χ3n) is 4.40. The minimum absolute atomic E-state index is 0.0154. The molecule has 0 saturated heterocycles. The summed E-state index contributed by atoms with van der Waals surface area (Å²) in [6.07, 6.45) is -2.81. The topological polar surface area (TPSA) is 58.7 Å². The molecular formula is C18H15F3N6. The third kappa shape index (κ3) is 2.94. The van der Waals surface area contributed by atoms with Crippen molar-refractivity contribution in [1.82, 2.24) is 15.0 Å². The van der Waals surface area contributed by atoms with E-state index in [1.165, 1.54) is 16.8 Å². The first kappa shape index (κ1) is 17.2. The maximum absolute atomic E-state index is 13.1. The van der Waals surface area contributed by atoms with Crippen LogP contribution in [0.5, 0.6) is 0 Å². The highest BCUT2D eigenvalue weighted by Gasteiger charge is 2.65. The molecule has 0 aliphatic carbocycles. The first-order valence-corrected chi connectivity index (χ1v) is 8.12. The first-order valence-electron chi connectivity index (χ1n) is 8.12. The van der Waals surface area contributed by atoms with Gasteiger partial charge in [0.15, 0.2) is 0 Å². The molecule has 3 aromatic rings.